The van der Waals surface area contributed by atoms with Gasteiger partial charge in [-0.2, -0.15) is 0 Å². The summed E-state index contributed by atoms with van der Waals surface area (Å²) in [4.78, 5) is 38.5. The van der Waals surface area contributed by atoms with E-state index in [2.05, 4.69) is 26.8 Å². The van der Waals surface area contributed by atoms with Crippen LogP contribution in [0.3, 0.4) is 0 Å². The zero-order valence-corrected chi connectivity index (χ0v) is 18.6. The summed E-state index contributed by atoms with van der Waals surface area (Å²) in [7, 11) is 0. The van der Waals surface area contributed by atoms with Gasteiger partial charge in [-0.05, 0) is 42.0 Å². The number of phenolic OH excluding ortho intramolecular Hbond substituents is 1. The second kappa shape index (κ2) is 9.88. The number of hydrogen-bond acceptors (Lipinski definition) is 6. The Morgan fingerprint density at radius 2 is 1.93 bits per heavy atom. The third-order valence-electron chi connectivity index (χ3n) is 4.01. The molecule has 0 atom stereocenters. The van der Waals surface area contributed by atoms with E-state index in [1.807, 2.05) is 24.3 Å². The van der Waals surface area contributed by atoms with Crippen molar-refractivity contribution in [2.75, 3.05) is 6.54 Å². The Kier molecular flexibility index (Phi) is 7.24. The summed E-state index contributed by atoms with van der Waals surface area (Å²) in [6.07, 6.45) is 1.70. The highest BCUT2D eigenvalue weighted by Gasteiger charge is 2.32. The van der Waals surface area contributed by atoms with E-state index in [0.717, 1.165) is 10.0 Å². The van der Waals surface area contributed by atoms with Crippen molar-refractivity contribution in [3.8, 4) is 5.75 Å². The van der Waals surface area contributed by atoms with E-state index in [1.54, 1.807) is 6.08 Å². The summed E-state index contributed by atoms with van der Waals surface area (Å²) in [6, 6.07) is 13.2. The first kappa shape index (κ1) is 22.0. The number of thiocarbonyl (C=S) groups is 1. The van der Waals surface area contributed by atoms with Gasteiger partial charge < -0.3 is 5.11 Å². The van der Waals surface area contributed by atoms with Crippen molar-refractivity contribution in [3.63, 3.8) is 0 Å². The number of hydrazine groups is 1. The highest BCUT2D eigenvalue weighted by atomic mass is 79.9. The van der Waals surface area contributed by atoms with Crippen molar-refractivity contribution in [1.82, 2.24) is 15.8 Å². The van der Waals surface area contributed by atoms with Crippen LogP contribution in [-0.4, -0.2) is 38.6 Å². The molecule has 10 heteroatoms. The molecule has 3 N–H and O–H groups in total. The van der Waals surface area contributed by atoms with E-state index >= 15 is 0 Å². The van der Waals surface area contributed by atoms with Gasteiger partial charge in [0.15, 0.2) is 0 Å². The molecule has 154 valence electrons. The molecule has 1 fully saturated rings. The number of carbonyl (C=O) groups is 3. The Morgan fingerprint density at radius 3 is 2.67 bits per heavy atom. The molecule has 0 aliphatic carbocycles. The molecule has 3 amide bonds. The number of aromatic hydroxyl groups is 1. The predicted octanol–water partition coefficient (Wildman–Crippen LogP) is 3.21. The molecule has 30 heavy (non-hydrogen) atoms. The van der Waals surface area contributed by atoms with Crippen LogP contribution in [0.4, 0.5) is 0 Å². The van der Waals surface area contributed by atoms with Crippen LogP contribution in [0, 0.1) is 0 Å². The number of nitrogens with zero attached hydrogens (tertiary/aromatic N) is 1. The lowest BCUT2D eigenvalue weighted by Gasteiger charge is -2.14. The Labute approximate surface area is 190 Å². The maximum absolute atomic E-state index is 12.6. The number of phenols is 1. The van der Waals surface area contributed by atoms with E-state index in [-0.39, 0.29) is 30.2 Å². The van der Waals surface area contributed by atoms with Crippen LogP contribution >= 0.6 is 39.9 Å². The van der Waals surface area contributed by atoms with Crippen LogP contribution in [0.25, 0.3) is 6.08 Å². The molecular formula is C20H16BrN3O4S2. The topological polar surface area (TPSA) is 98.7 Å². The normalized spacial score (nSPS) is 14.8. The fraction of sp³-hybridized carbons (Fsp3) is 0.100. The minimum absolute atomic E-state index is 0.0447. The average Bonchev–Trinajstić information content (AvgIpc) is 2.97. The Bertz CT molecular complexity index is 1060. The summed E-state index contributed by atoms with van der Waals surface area (Å²) < 4.78 is 1.27. The van der Waals surface area contributed by atoms with Crippen molar-refractivity contribution in [2.45, 2.75) is 6.42 Å². The summed E-state index contributed by atoms with van der Waals surface area (Å²) in [5.74, 6) is -1.36. The van der Waals surface area contributed by atoms with Crippen molar-refractivity contribution < 1.29 is 19.5 Å². The summed E-state index contributed by atoms with van der Waals surface area (Å²) in [5, 5.41) is 9.40. The fourth-order valence-electron chi connectivity index (χ4n) is 2.56. The molecule has 1 aliphatic heterocycles. The third kappa shape index (κ3) is 5.68. The zero-order valence-electron chi connectivity index (χ0n) is 15.4. The van der Waals surface area contributed by atoms with Crippen molar-refractivity contribution in [1.29, 1.82) is 0 Å². The Hall–Kier alpha value is -2.69. The van der Waals surface area contributed by atoms with Crippen molar-refractivity contribution >= 4 is 68.0 Å². The van der Waals surface area contributed by atoms with Gasteiger partial charge in [0.2, 0.25) is 5.91 Å². The van der Waals surface area contributed by atoms with Gasteiger partial charge in [0.1, 0.15) is 10.1 Å². The number of hydrogen-bond donors (Lipinski definition) is 3. The molecule has 1 aliphatic rings. The van der Waals surface area contributed by atoms with Gasteiger partial charge in [-0.25, -0.2) is 0 Å². The standard InChI is InChI=1S/C20H16BrN3O4S2/c21-14-5-1-3-12(9-14)10-16-19(28)24(20(29)30-16)8-7-17(26)22-23-18(27)13-4-2-6-15(25)11-13/h1-6,9-11,25H,7-8H2,(H,22,26)(H,23,27). The van der Waals surface area contributed by atoms with Gasteiger partial charge in [-0.3, -0.25) is 30.1 Å². The smallest absolute Gasteiger partial charge is 0.269 e. The number of halogens is 1. The zero-order chi connectivity index (χ0) is 21.7. The largest absolute Gasteiger partial charge is 0.508 e. The number of nitrogens with one attached hydrogen (secondary N) is 2. The van der Waals surface area contributed by atoms with Crippen LogP contribution in [0.15, 0.2) is 57.9 Å². The fourth-order valence-corrected chi connectivity index (χ4v) is 4.29. The monoisotopic (exact) mass is 505 g/mol. The van der Waals surface area contributed by atoms with E-state index in [1.165, 1.54) is 40.9 Å². The molecule has 7 nitrogen and oxygen atoms in total. The lowest BCUT2D eigenvalue weighted by atomic mass is 10.2. The first-order valence-corrected chi connectivity index (χ1v) is 10.7. The van der Waals surface area contributed by atoms with Crippen LogP contribution in [0.5, 0.6) is 5.75 Å². The average molecular weight is 506 g/mol. The Morgan fingerprint density at radius 1 is 1.17 bits per heavy atom. The van der Waals surface area contributed by atoms with Crippen molar-refractivity contribution in [2.24, 2.45) is 0 Å². The number of amides is 3. The molecule has 0 unspecified atom stereocenters. The van der Waals surface area contributed by atoms with Crippen molar-refractivity contribution in [3.05, 3.63) is 69.0 Å². The van der Waals surface area contributed by atoms with E-state index in [0.29, 0.717) is 9.23 Å². The quantitative estimate of drug-likeness (QED) is 0.327. The minimum atomic E-state index is -0.568. The van der Waals surface area contributed by atoms with Gasteiger partial charge >= 0.3 is 0 Å². The predicted molar refractivity (Wildman–Crippen MR) is 122 cm³/mol. The molecule has 1 heterocycles. The van der Waals surface area contributed by atoms with E-state index < -0.39 is 11.8 Å². The maximum Gasteiger partial charge on any atom is 0.269 e. The van der Waals surface area contributed by atoms with Gasteiger partial charge in [0.05, 0.1) is 4.91 Å². The molecule has 1 saturated heterocycles. The van der Waals surface area contributed by atoms with E-state index in [9.17, 15) is 19.5 Å². The lowest BCUT2D eigenvalue weighted by molar-refractivity contribution is -0.124. The molecule has 0 aromatic heterocycles. The van der Waals surface area contributed by atoms with Crippen LogP contribution < -0.4 is 10.9 Å². The highest BCUT2D eigenvalue weighted by Crippen LogP contribution is 2.32. The molecule has 0 saturated carbocycles. The molecule has 0 radical (unpaired) electrons. The number of thioether (sulfide) groups is 1. The highest BCUT2D eigenvalue weighted by molar-refractivity contribution is 9.10. The number of carbonyl (C=O) groups excluding carboxylic acids is 3. The van der Waals surface area contributed by atoms with Gasteiger partial charge in [0, 0.05) is 23.0 Å². The second-order valence-electron chi connectivity index (χ2n) is 6.19. The number of rotatable bonds is 5. The van der Waals surface area contributed by atoms with Crippen LogP contribution in [0.1, 0.15) is 22.3 Å². The summed E-state index contributed by atoms with van der Waals surface area (Å²) in [6.45, 7) is 0.0916. The maximum atomic E-state index is 12.6. The molecular weight excluding hydrogens is 490 g/mol. The molecule has 2 aromatic carbocycles. The third-order valence-corrected chi connectivity index (χ3v) is 5.88. The minimum Gasteiger partial charge on any atom is -0.508 e. The van der Waals surface area contributed by atoms with Gasteiger partial charge in [-0.15, -0.1) is 0 Å². The summed E-state index contributed by atoms with van der Waals surface area (Å²) in [5.41, 5.74) is 5.60. The SMILES string of the molecule is O=C(CCN1C(=O)C(=Cc2cccc(Br)c2)SC1=S)NNC(=O)c1cccc(O)c1. The summed E-state index contributed by atoms with van der Waals surface area (Å²) >= 11 is 9.83. The first-order chi connectivity index (χ1) is 14.3. The molecule has 3 rings (SSSR count). The van der Waals surface area contributed by atoms with Gasteiger partial charge in [-0.1, -0.05) is 58.1 Å². The lowest BCUT2D eigenvalue weighted by Crippen LogP contribution is -2.43. The Balaban J connectivity index is 1.52. The first-order valence-electron chi connectivity index (χ1n) is 8.72. The molecule has 0 spiro atoms. The van der Waals surface area contributed by atoms with Gasteiger partial charge in [0.25, 0.3) is 11.8 Å². The second-order valence-corrected chi connectivity index (χ2v) is 8.78. The van der Waals surface area contributed by atoms with Crippen LogP contribution in [-0.2, 0) is 9.59 Å². The van der Waals surface area contributed by atoms with Crippen LogP contribution in [0.2, 0.25) is 0 Å². The van der Waals surface area contributed by atoms with E-state index in [4.69, 9.17) is 12.2 Å². The molecule has 0 bridgehead atoms. The molecule has 2 aromatic rings. The number of benzene rings is 2.